The second kappa shape index (κ2) is 5.75. The Morgan fingerprint density at radius 3 is 1.86 bits per heavy atom. The molecular formula is C18H16N2O. The lowest BCUT2D eigenvalue weighted by Crippen LogP contribution is -2.15. The molecule has 1 aromatic heterocycles. The summed E-state index contributed by atoms with van der Waals surface area (Å²) in [6.45, 7) is 0. The van der Waals surface area contributed by atoms with Crippen molar-refractivity contribution in [1.82, 2.24) is 9.78 Å². The lowest BCUT2D eigenvalue weighted by Gasteiger charge is -2.15. The number of aromatic nitrogens is 2. The van der Waals surface area contributed by atoms with E-state index in [0.29, 0.717) is 5.69 Å². The zero-order valence-corrected chi connectivity index (χ0v) is 11.8. The number of hydrogen-bond donors (Lipinski definition) is 0. The van der Waals surface area contributed by atoms with Crippen LogP contribution in [0, 0.1) is 0 Å². The first-order chi connectivity index (χ1) is 10.3. The largest absolute Gasteiger partial charge is 0.291 e. The lowest BCUT2D eigenvalue weighted by molar-refractivity contribution is 0.0968. The fraction of sp³-hybridized carbons (Fsp3) is 0.111. The van der Waals surface area contributed by atoms with Gasteiger partial charge in [0.25, 0.3) is 0 Å². The molecule has 0 N–H and O–H groups in total. The molecule has 0 fully saturated rings. The monoisotopic (exact) mass is 276 g/mol. The predicted molar refractivity (Wildman–Crippen MR) is 82.3 cm³/mol. The van der Waals surface area contributed by atoms with E-state index in [2.05, 4.69) is 5.10 Å². The Labute approximate surface area is 123 Å². The van der Waals surface area contributed by atoms with Crippen molar-refractivity contribution in [3.05, 3.63) is 89.7 Å². The quantitative estimate of drug-likeness (QED) is 0.684. The van der Waals surface area contributed by atoms with Crippen LogP contribution < -0.4 is 0 Å². The molecule has 21 heavy (non-hydrogen) atoms. The molecule has 0 amide bonds. The number of nitrogens with zero attached hydrogens (tertiary/aromatic N) is 2. The van der Waals surface area contributed by atoms with Crippen LogP contribution in [0.5, 0.6) is 0 Å². The number of benzene rings is 2. The summed E-state index contributed by atoms with van der Waals surface area (Å²) in [6, 6.07) is 21.4. The number of rotatable bonds is 4. The van der Waals surface area contributed by atoms with Crippen molar-refractivity contribution < 1.29 is 4.79 Å². The fourth-order valence-corrected chi connectivity index (χ4v) is 2.48. The first-order valence-electron chi connectivity index (χ1n) is 6.89. The molecule has 2 aromatic carbocycles. The molecule has 0 saturated carbocycles. The van der Waals surface area contributed by atoms with Crippen LogP contribution >= 0.6 is 0 Å². The molecule has 3 aromatic rings. The van der Waals surface area contributed by atoms with Crippen molar-refractivity contribution in [1.29, 1.82) is 0 Å². The predicted octanol–water partition coefficient (Wildman–Crippen LogP) is 3.43. The van der Waals surface area contributed by atoms with E-state index < -0.39 is 0 Å². The molecule has 3 heteroatoms. The fourth-order valence-electron chi connectivity index (χ4n) is 2.48. The van der Waals surface area contributed by atoms with Crippen LogP contribution in [-0.2, 0) is 7.05 Å². The SMILES string of the molecule is Cn1ccc(C(=O)C(c2ccccc2)c2ccccc2)n1. The van der Waals surface area contributed by atoms with Gasteiger partial charge in [0.2, 0.25) is 0 Å². The molecule has 104 valence electrons. The van der Waals surface area contributed by atoms with E-state index in [-0.39, 0.29) is 11.7 Å². The average molecular weight is 276 g/mol. The Kier molecular flexibility index (Phi) is 3.65. The number of hydrogen-bond acceptors (Lipinski definition) is 2. The van der Waals surface area contributed by atoms with Crippen LogP contribution in [0.25, 0.3) is 0 Å². The van der Waals surface area contributed by atoms with Gasteiger partial charge >= 0.3 is 0 Å². The van der Waals surface area contributed by atoms with Crippen LogP contribution in [0.3, 0.4) is 0 Å². The topological polar surface area (TPSA) is 34.9 Å². The second-order valence-corrected chi connectivity index (χ2v) is 4.99. The maximum absolute atomic E-state index is 12.9. The molecule has 1 heterocycles. The Morgan fingerprint density at radius 1 is 0.905 bits per heavy atom. The number of carbonyl (C=O) groups excluding carboxylic acids is 1. The molecule has 0 spiro atoms. The first-order valence-corrected chi connectivity index (χ1v) is 6.89. The van der Waals surface area contributed by atoms with Crippen molar-refractivity contribution in [2.75, 3.05) is 0 Å². The highest BCUT2D eigenvalue weighted by molar-refractivity contribution is 6.01. The highest BCUT2D eigenvalue weighted by Crippen LogP contribution is 2.27. The van der Waals surface area contributed by atoms with Crippen molar-refractivity contribution in [3.63, 3.8) is 0 Å². The number of Topliss-reactive ketones (excluding diaryl/α,β-unsaturated/α-hetero) is 1. The molecule has 0 saturated heterocycles. The molecular weight excluding hydrogens is 260 g/mol. The normalized spacial score (nSPS) is 10.8. The highest BCUT2D eigenvalue weighted by atomic mass is 16.1. The second-order valence-electron chi connectivity index (χ2n) is 4.99. The summed E-state index contributed by atoms with van der Waals surface area (Å²) in [5, 5.41) is 4.25. The summed E-state index contributed by atoms with van der Waals surface area (Å²) < 4.78 is 1.65. The Bertz CT molecular complexity index is 693. The molecule has 0 aliphatic heterocycles. The van der Waals surface area contributed by atoms with E-state index in [1.54, 1.807) is 16.9 Å². The molecule has 0 atom stereocenters. The third-order valence-corrected chi connectivity index (χ3v) is 3.49. The maximum atomic E-state index is 12.9. The van der Waals surface area contributed by atoms with Gasteiger partial charge in [-0.05, 0) is 17.2 Å². The molecule has 0 aliphatic carbocycles. The minimum atomic E-state index is -0.317. The minimum absolute atomic E-state index is 0.0213. The van der Waals surface area contributed by atoms with Crippen molar-refractivity contribution in [2.24, 2.45) is 7.05 Å². The van der Waals surface area contributed by atoms with Crippen molar-refractivity contribution in [3.8, 4) is 0 Å². The summed E-state index contributed by atoms with van der Waals surface area (Å²) in [5.74, 6) is -0.296. The van der Waals surface area contributed by atoms with Gasteiger partial charge < -0.3 is 0 Å². The first kappa shape index (κ1) is 13.3. The zero-order chi connectivity index (χ0) is 14.7. The van der Waals surface area contributed by atoms with Crippen molar-refractivity contribution in [2.45, 2.75) is 5.92 Å². The molecule has 0 bridgehead atoms. The van der Waals surface area contributed by atoms with Crippen molar-refractivity contribution >= 4 is 5.78 Å². The summed E-state index contributed by atoms with van der Waals surface area (Å²) in [4.78, 5) is 12.9. The van der Waals surface area contributed by atoms with E-state index in [9.17, 15) is 4.79 Å². The average Bonchev–Trinajstić information content (AvgIpc) is 2.96. The zero-order valence-electron chi connectivity index (χ0n) is 11.8. The van der Waals surface area contributed by atoms with E-state index in [1.165, 1.54) is 0 Å². The number of ketones is 1. The lowest BCUT2D eigenvalue weighted by atomic mass is 9.86. The van der Waals surface area contributed by atoms with Crippen LogP contribution in [0.1, 0.15) is 27.5 Å². The standard InChI is InChI=1S/C18H16N2O/c1-20-13-12-16(19-20)18(21)17(14-8-4-2-5-9-14)15-10-6-3-7-11-15/h2-13,17H,1H3. The summed E-state index contributed by atoms with van der Waals surface area (Å²) in [6.07, 6.45) is 1.79. The van der Waals surface area contributed by atoms with Crippen LogP contribution in [0.4, 0.5) is 0 Å². The van der Waals surface area contributed by atoms with E-state index in [4.69, 9.17) is 0 Å². The summed E-state index contributed by atoms with van der Waals surface area (Å²) in [7, 11) is 1.82. The molecule has 3 nitrogen and oxygen atoms in total. The third kappa shape index (κ3) is 2.77. The molecule has 0 aliphatic rings. The number of carbonyl (C=O) groups is 1. The van der Waals surface area contributed by atoms with Crippen LogP contribution in [0.15, 0.2) is 72.9 Å². The van der Waals surface area contributed by atoms with Crippen LogP contribution in [0.2, 0.25) is 0 Å². The minimum Gasteiger partial charge on any atom is -0.291 e. The summed E-state index contributed by atoms with van der Waals surface area (Å²) in [5.41, 5.74) is 2.47. The number of aryl methyl sites for hydroxylation is 1. The van der Waals surface area contributed by atoms with Gasteiger partial charge in [0.1, 0.15) is 5.69 Å². The smallest absolute Gasteiger partial charge is 0.194 e. The van der Waals surface area contributed by atoms with Gasteiger partial charge in [-0.25, -0.2) is 0 Å². The van der Waals surface area contributed by atoms with Crippen LogP contribution in [-0.4, -0.2) is 15.6 Å². The highest BCUT2D eigenvalue weighted by Gasteiger charge is 2.25. The van der Waals surface area contributed by atoms with Gasteiger partial charge in [0.05, 0.1) is 5.92 Å². The van der Waals surface area contributed by atoms with Gasteiger partial charge in [-0.15, -0.1) is 0 Å². The van der Waals surface area contributed by atoms with Gasteiger partial charge in [-0.1, -0.05) is 60.7 Å². The Hall–Kier alpha value is -2.68. The molecule has 0 radical (unpaired) electrons. The maximum Gasteiger partial charge on any atom is 0.194 e. The van der Waals surface area contributed by atoms with E-state index >= 15 is 0 Å². The van der Waals surface area contributed by atoms with E-state index in [0.717, 1.165) is 11.1 Å². The van der Waals surface area contributed by atoms with Gasteiger partial charge in [0.15, 0.2) is 5.78 Å². The Morgan fingerprint density at radius 2 is 1.43 bits per heavy atom. The third-order valence-electron chi connectivity index (χ3n) is 3.49. The van der Waals surface area contributed by atoms with E-state index in [1.807, 2.05) is 67.7 Å². The molecule has 0 unspecified atom stereocenters. The van der Waals surface area contributed by atoms with Gasteiger partial charge in [-0.3, -0.25) is 9.48 Å². The Balaban J connectivity index is 2.07. The molecule has 3 rings (SSSR count). The van der Waals surface area contributed by atoms with Gasteiger partial charge in [-0.2, -0.15) is 5.10 Å². The van der Waals surface area contributed by atoms with Gasteiger partial charge in [0, 0.05) is 13.2 Å². The summed E-state index contributed by atoms with van der Waals surface area (Å²) >= 11 is 0.